The van der Waals surface area contributed by atoms with Crippen molar-refractivity contribution in [2.45, 2.75) is 6.42 Å². The third-order valence-electron chi connectivity index (χ3n) is 2.14. The molecule has 0 bridgehead atoms. The highest BCUT2D eigenvalue weighted by Gasteiger charge is 2.02. The topological polar surface area (TPSA) is 41.8 Å². The van der Waals surface area contributed by atoms with E-state index in [0.717, 1.165) is 6.42 Å². The van der Waals surface area contributed by atoms with Gasteiger partial charge < -0.3 is 10.7 Å². The van der Waals surface area contributed by atoms with E-state index in [9.17, 15) is 0 Å². The molecule has 3 N–H and O–H groups in total. The van der Waals surface area contributed by atoms with Gasteiger partial charge in [-0.3, -0.25) is 0 Å². The van der Waals surface area contributed by atoms with Crippen LogP contribution in [0.15, 0.2) is 24.4 Å². The van der Waals surface area contributed by atoms with Crippen molar-refractivity contribution >= 4 is 45.9 Å². The molecule has 0 fully saturated rings. The van der Waals surface area contributed by atoms with E-state index in [1.54, 1.807) is 0 Å². The van der Waals surface area contributed by atoms with Crippen LogP contribution in [0.25, 0.3) is 10.9 Å². The normalized spacial score (nSPS) is 10.1. The second kappa shape index (κ2) is 5.00. The Hall–Kier alpha value is -0.260. The lowest BCUT2D eigenvalue weighted by Gasteiger charge is -1.96. The molecule has 0 saturated heterocycles. The summed E-state index contributed by atoms with van der Waals surface area (Å²) >= 11 is 2.33. The molecule has 0 aliphatic carbocycles. The zero-order valence-corrected chi connectivity index (χ0v) is 10.6. The first-order valence-corrected chi connectivity index (χ1v) is 5.34. The van der Waals surface area contributed by atoms with Crippen molar-refractivity contribution in [1.82, 2.24) is 4.98 Å². The van der Waals surface area contributed by atoms with Crippen LogP contribution in [-0.4, -0.2) is 11.5 Å². The van der Waals surface area contributed by atoms with Crippen LogP contribution in [0.2, 0.25) is 0 Å². The number of aromatic amines is 1. The summed E-state index contributed by atoms with van der Waals surface area (Å²) in [6.07, 6.45) is 2.99. The van der Waals surface area contributed by atoms with E-state index in [1.165, 1.54) is 20.0 Å². The van der Waals surface area contributed by atoms with Gasteiger partial charge in [0, 0.05) is 20.7 Å². The van der Waals surface area contributed by atoms with Gasteiger partial charge in [-0.25, -0.2) is 0 Å². The molecule has 1 heterocycles. The van der Waals surface area contributed by atoms with Crippen LogP contribution in [0, 0.1) is 3.57 Å². The Morgan fingerprint density at radius 2 is 2.14 bits per heavy atom. The van der Waals surface area contributed by atoms with Gasteiger partial charge in [0.2, 0.25) is 0 Å². The summed E-state index contributed by atoms with van der Waals surface area (Å²) in [6.45, 7) is 0.707. The van der Waals surface area contributed by atoms with E-state index >= 15 is 0 Å². The maximum absolute atomic E-state index is 5.53. The first-order chi connectivity index (χ1) is 6.31. The fourth-order valence-electron chi connectivity index (χ4n) is 1.51. The van der Waals surface area contributed by atoms with E-state index in [4.69, 9.17) is 5.73 Å². The van der Waals surface area contributed by atoms with Crippen molar-refractivity contribution in [2.24, 2.45) is 5.73 Å². The molecular formula is C10H12ClIN2. The fourth-order valence-corrected chi connectivity index (χ4v) is 2.00. The van der Waals surface area contributed by atoms with Crippen molar-refractivity contribution in [2.75, 3.05) is 6.54 Å². The average molecular weight is 323 g/mol. The van der Waals surface area contributed by atoms with Crippen LogP contribution in [0.3, 0.4) is 0 Å². The van der Waals surface area contributed by atoms with Gasteiger partial charge in [-0.15, -0.1) is 12.4 Å². The second-order valence-corrected chi connectivity index (χ2v) is 4.29. The lowest BCUT2D eigenvalue weighted by molar-refractivity contribution is 0.976. The molecule has 0 aliphatic rings. The van der Waals surface area contributed by atoms with E-state index in [0.29, 0.717) is 6.54 Å². The monoisotopic (exact) mass is 322 g/mol. The fraction of sp³-hybridized carbons (Fsp3) is 0.200. The molecule has 0 radical (unpaired) electrons. The predicted molar refractivity (Wildman–Crippen MR) is 71.0 cm³/mol. The van der Waals surface area contributed by atoms with Crippen molar-refractivity contribution in [3.8, 4) is 0 Å². The maximum atomic E-state index is 5.53. The highest BCUT2D eigenvalue weighted by atomic mass is 127. The van der Waals surface area contributed by atoms with Crippen molar-refractivity contribution in [3.63, 3.8) is 0 Å². The maximum Gasteiger partial charge on any atom is 0.0457 e. The Morgan fingerprint density at radius 1 is 1.36 bits per heavy atom. The van der Waals surface area contributed by atoms with Gasteiger partial charge in [-0.1, -0.05) is 0 Å². The summed E-state index contributed by atoms with van der Waals surface area (Å²) in [6, 6.07) is 6.40. The number of hydrogen-bond acceptors (Lipinski definition) is 1. The molecule has 0 spiro atoms. The predicted octanol–water partition coefficient (Wildman–Crippen LogP) is 2.70. The van der Waals surface area contributed by atoms with Gasteiger partial charge in [-0.05, 0) is 59.3 Å². The highest BCUT2D eigenvalue weighted by molar-refractivity contribution is 14.1. The number of nitrogens with one attached hydrogen (secondary N) is 1. The summed E-state index contributed by atoms with van der Waals surface area (Å²) in [4.78, 5) is 3.24. The number of fused-ring (bicyclic) bond motifs is 1. The van der Waals surface area contributed by atoms with Crippen LogP contribution in [0.1, 0.15) is 5.56 Å². The molecule has 1 aromatic carbocycles. The van der Waals surface area contributed by atoms with Crippen molar-refractivity contribution in [1.29, 1.82) is 0 Å². The minimum atomic E-state index is 0. The molecular weight excluding hydrogens is 310 g/mol. The van der Waals surface area contributed by atoms with E-state index in [2.05, 4.69) is 45.8 Å². The van der Waals surface area contributed by atoms with Gasteiger partial charge in [0.05, 0.1) is 0 Å². The molecule has 0 aliphatic heterocycles. The number of halogens is 2. The SMILES string of the molecule is Cl.NCCc1c[nH]c2ccc(I)cc12. The molecule has 0 unspecified atom stereocenters. The first kappa shape index (κ1) is 11.8. The Labute approximate surface area is 103 Å². The third-order valence-corrected chi connectivity index (χ3v) is 2.81. The first-order valence-electron chi connectivity index (χ1n) is 4.27. The molecule has 2 rings (SSSR count). The summed E-state index contributed by atoms with van der Waals surface area (Å²) in [5, 5.41) is 1.30. The molecule has 1 aromatic heterocycles. The van der Waals surface area contributed by atoms with Gasteiger partial charge in [-0.2, -0.15) is 0 Å². The van der Waals surface area contributed by atoms with Gasteiger partial charge in [0.1, 0.15) is 0 Å². The quantitative estimate of drug-likeness (QED) is 0.820. The minimum absolute atomic E-state index is 0. The smallest absolute Gasteiger partial charge is 0.0457 e. The summed E-state index contributed by atoms with van der Waals surface area (Å²) < 4.78 is 1.27. The number of benzene rings is 1. The minimum Gasteiger partial charge on any atom is -0.361 e. The van der Waals surface area contributed by atoms with E-state index < -0.39 is 0 Å². The standard InChI is InChI=1S/C10H11IN2.ClH/c11-8-1-2-10-9(5-8)7(3-4-12)6-13-10;/h1-2,5-6,13H,3-4,12H2;1H. The zero-order chi connectivity index (χ0) is 9.26. The lowest BCUT2D eigenvalue weighted by Crippen LogP contribution is -2.01. The number of rotatable bonds is 2. The van der Waals surface area contributed by atoms with Gasteiger partial charge in [0.15, 0.2) is 0 Å². The molecule has 0 amide bonds. The van der Waals surface area contributed by atoms with Gasteiger partial charge >= 0.3 is 0 Å². The molecule has 0 saturated carbocycles. The van der Waals surface area contributed by atoms with Crippen LogP contribution in [0.4, 0.5) is 0 Å². The Kier molecular flexibility index (Phi) is 4.22. The number of H-pyrrole nitrogens is 1. The van der Waals surface area contributed by atoms with Crippen molar-refractivity contribution in [3.05, 3.63) is 33.5 Å². The number of nitrogens with two attached hydrogens (primary N) is 1. The Balaban J connectivity index is 0.000000980. The summed E-state index contributed by atoms with van der Waals surface area (Å²) in [7, 11) is 0. The Bertz CT molecular complexity index is 425. The third kappa shape index (κ3) is 2.21. The van der Waals surface area contributed by atoms with E-state index in [1.807, 2.05) is 6.20 Å². The highest BCUT2D eigenvalue weighted by Crippen LogP contribution is 2.20. The summed E-state index contributed by atoms with van der Waals surface area (Å²) in [5.41, 5.74) is 8.05. The zero-order valence-electron chi connectivity index (χ0n) is 7.59. The molecule has 4 heteroatoms. The summed E-state index contributed by atoms with van der Waals surface area (Å²) in [5.74, 6) is 0. The van der Waals surface area contributed by atoms with Crippen molar-refractivity contribution < 1.29 is 0 Å². The second-order valence-electron chi connectivity index (χ2n) is 3.04. The largest absolute Gasteiger partial charge is 0.361 e. The molecule has 0 atom stereocenters. The van der Waals surface area contributed by atoms with Crippen LogP contribution in [-0.2, 0) is 6.42 Å². The number of hydrogen-bond donors (Lipinski definition) is 2. The van der Waals surface area contributed by atoms with Crippen LogP contribution in [0.5, 0.6) is 0 Å². The molecule has 2 aromatic rings. The Morgan fingerprint density at radius 3 is 2.86 bits per heavy atom. The number of aromatic nitrogens is 1. The lowest BCUT2D eigenvalue weighted by atomic mass is 10.1. The van der Waals surface area contributed by atoms with E-state index in [-0.39, 0.29) is 12.4 Å². The van der Waals surface area contributed by atoms with Crippen LogP contribution < -0.4 is 5.73 Å². The molecule has 76 valence electrons. The average Bonchev–Trinajstić information content (AvgIpc) is 2.49. The molecule has 14 heavy (non-hydrogen) atoms. The van der Waals surface area contributed by atoms with Crippen LogP contribution >= 0.6 is 35.0 Å². The molecule has 2 nitrogen and oxygen atoms in total. The van der Waals surface area contributed by atoms with Gasteiger partial charge in [0.25, 0.3) is 0 Å².